The summed E-state index contributed by atoms with van der Waals surface area (Å²) in [6.45, 7) is 0. The molecule has 1 saturated carbocycles. The van der Waals surface area contributed by atoms with E-state index in [-0.39, 0.29) is 29.6 Å². The maximum absolute atomic E-state index is 13.9. The third-order valence-corrected chi connectivity index (χ3v) is 7.59. The van der Waals surface area contributed by atoms with E-state index in [2.05, 4.69) is 4.98 Å². The van der Waals surface area contributed by atoms with Crippen molar-refractivity contribution in [1.82, 2.24) is 9.88 Å². The van der Waals surface area contributed by atoms with Crippen molar-refractivity contribution in [3.63, 3.8) is 0 Å². The molecule has 0 aliphatic heterocycles. The van der Waals surface area contributed by atoms with E-state index in [4.69, 9.17) is 10.2 Å². The maximum Gasteiger partial charge on any atom is 0.417 e. The lowest BCUT2D eigenvalue weighted by Crippen LogP contribution is -2.65. The number of carbonyl (C=O) groups is 3. The largest absolute Gasteiger partial charge is 0.508 e. The molecule has 1 heterocycles. The summed E-state index contributed by atoms with van der Waals surface area (Å²) in [5, 5.41) is 34.0. The smallest absolute Gasteiger partial charge is 0.417 e. The van der Waals surface area contributed by atoms with Crippen molar-refractivity contribution < 1.29 is 34.1 Å². The summed E-state index contributed by atoms with van der Waals surface area (Å²) in [5.74, 6) is -7.20. The Labute approximate surface area is 204 Å². The number of rotatable bonds is 3. The van der Waals surface area contributed by atoms with Gasteiger partial charge < -0.3 is 30.4 Å². The number of Topliss-reactive ketones (excluding diaryl/α,β-unsaturated/α-hetero) is 2. The standard InChI is InChI=1S/C24H26N4O8/c1-27(2)12-7-11-19(36-23(34)26-11)14-9(12)5-8-6-10-16(28(3)4)18(30)15(22(25)33)21(32)24(10,35)20(31)13(8)17(14)29/h7-8,10,16,29,32,35H,5-6H2,1-4H3,(H2,25,33)(H,26,34). The van der Waals surface area contributed by atoms with Crippen LogP contribution in [0.2, 0.25) is 0 Å². The number of nitrogens with zero attached hydrogens (tertiary/aromatic N) is 2. The normalized spacial score (nSPS) is 27.9. The first-order valence-electron chi connectivity index (χ1n) is 11.3. The number of benzene rings is 1. The number of aromatic nitrogens is 1. The lowest BCUT2D eigenvalue weighted by molar-refractivity contribution is -0.153. The molecule has 6 N–H and O–H groups in total. The van der Waals surface area contributed by atoms with Gasteiger partial charge in [0.1, 0.15) is 17.1 Å². The maximum atomic E-state index is 13.9. The number of likely N-dealkylation sites (N-methyl/N-ethyl adjacent to an activating group) is 1. The number of carbonyl (C=O) groups excluding carboxylic acids is 3. The fourth-order valence-corrected chi connectivity index (χ4v) is 6.10. The quantitative estimate of drug-likeness (QED) is 0.353. The van der Waals surface area contributed by atoms with E-state index in [1.807, 2.05) is 0 Å². The van der Waals surface area contributed by atoms with Crippen molar-refractivity contribution in [2.24, 2.45) is 17.6 Å². The fraction of sp³-hybridized carbons (Fsp3) is 0.417. The van der Waals surface area contributed by atoms with E-state index >= 15 is 0 Å². The topological polar surface area (TPSA) is 190 Å². The number of aliphatic hydroxyl groups excluding tert-OH is 2. The predicted molar refractivity (Wildman–Crippen MR) is 127 cm³/mol. The third-order valence-electron chi connectivity index (χ3n) is 7.59. The minimum absolute atomic E-state index is 0.0355. The van der Waals surface area contributed by atoms with E-state index in [0.29, 0.717) is 16.8 Å². The highest BCUT2D eigenvalue weighted by Gasteiger charge is 2.64. The summed E-state index contributed by atoms with van der Waals surface area (Å²) in [6.07, 6.45) is 0.265. The molecule has 3 aliphatic carbocycles. The van der Waals surface area contributed by atoms with Gasteiger partial charge in [-0.25, -0.2) is 4.79 Å². The SMILES string of the molecule is CN(C)c1cc2[nH]c(=O)oc2c2c1CC1CC3C(N(C)C)C(=O)C(C(N)=O)=C(O)C3(O)C(=O)C1=C2O. The van der Waals surface area contributed by atoms with Gasteiger partial charge in [-0.1, -0.05) is 0 Å². The Morgan fingerprint density at radius 1 is 1.19 bits per heavy atom. The first-order valence-corrected chi connectivity index (χ1v) is 11.3. The van der Waals surface area contributed by atoms with Gasteiger partial charge in [-0.05, 0) is 44.5 Å². The van der Waals surface area contributed by atoms with Gasteiger partial charge in [0.2, 0.25) is 5.78 Å². The van der Waals surface area contributed by atoms with Crippen molar-refractivity contribution in [3.05, 3.63) is 44.6 Å². The molecular formula is C24H26N4O8. The Hall–Kier alpha value is -3.90. The zero-order valence-corrected chi connectivity index (χ0v) is 20.1. The van der Waals surface area contributed by atoms with E-state index < -0.39 is 63.8 Å². The minimum atomic E-state index is -2.66. The van der Waals surface area contributed by atoms with Crippen LogP contribution in [-0.4, -0.2) is 82.5 Å². The van der Waals surface area contributed by atoms with Crippen LogP contribution in [0.3, 0.4) is 0 Å². The fourth-order valence-electron chi connectivity index (χ4n) is 6.10. The highest BCUT2D eigenvalue weighted by atomic mass is 16.4. The number of anilines is 1. The number of primary amides is 1. The number of H-pyrrole nitrogens is 1. The van der Waals surface area contributed by atoms with Crippen LogP contribution in [0.5, 0.6) is 0 Å². The molecule has 4 unspecified atom stereocenters. The molecule has 12 heteroatoms. The number of nitrogens with one attached hydrogen (secondary N) is 1. The van der Waals surface area contributed by atoms with Crippen LogP contribution >= 0.6 is 0 Å². The van der Waals surface area contributed by atoms with Crippen LogP contribution < -0.4 is 16.4 Å². The minimum Gasteiger partial charge on any atom is -0.508 e. The monoisotopic (exact) mass is 498 g/mol. The molecule has 1 fully saturated rings. The second-order valence-electron chi connectivity index (χ2n) is 10.00. The molecule has 12 nitrogen and oxygen atoms in total. The highest BCUT2D eigenvalue weighted by Crippen LogP contribution is 2.53. The number of oxazole rings is 1. The van der Waals surface area contributed by atoms with Crippen molar-refractivity contribution in [2.45, 2.75) is 24.5 Å². The molecule has 5 rings (SSSR count). The van der Waals surface area contributed by atoms with Gasteiger partial charge in [0.15, 0.2) is 17.0 Å². The average molecular weight is 498 g/mol. The summed E-state index contributed by atoms with van der Waals surface area (Å²) in [6, 6.07) is 0.583. The zero-order chi connectivity index (χ0) is 26.4. The van der Waals surface area contributed by atoms with Gasteiger partial charge in [0.05, 0.1) is 17.1 Å². The molecule has 0 radical (unpaired) electrons. The lowest BCUT2D eigenvalue weighted by Gasteiger charge is -2.50. The number of amides is 1. The van der Waals surface area contributed by atoms with Crippen molar-refractivity contribution in [3.8, 4) is 0 Å². The van der Waals surface area contributed by atoms with Gasteiger partial charge in [0.25, 0.3) is 5.91 Å². The first-order chi connectivity index (χ1) is 16.8. The van der Waals surface area contributed by atoms with E-state index in [1.165, 1.54) is 4.90 Å². The van der Waals surface area contributed by atoms with Crippen molar-refractivity contribution in [2.75, 3.05) is 33.1 Å². The molecule has 0 saturated heterocycles. The summed E-state index contributed by atoms with van der Waals surface area (Å²) in [4.78, 5) is 56.9. The molecule has 1 amide bonds. The van der Waals surface area contributed by atoms with Gasteiger partial charge in [-0.3, -0.25) is 24.3 Å². The number of hydrogen-bond donors (Lipinski definition) is 5. The summed E-state index contributed by atoms with van der Waals surface area (Å²) in [5.41, 5.74) is 3.44. The van der Waals surface area contributed by atoms with E-state index in [0.717, 1.165) is 0 Å². The van der Waals surface area contributed by atoms with Crippen LogP contribution in [0.25, 0.3) is 16.9 Å². The molecule has 190 valence electrons. The Bertz CT molecular complexity index is 1490. The Balaban J connectivity index is 1.81. The second kappa shape index (κ2) is 7.55. The zero-order valence-electron chi connectivity index (χ0n) is 20.1. The van der Waals surface area contributed by atoms with Gasteiger partial charge in [0, 0.05) is 31.3 Å². The second-order valence-corrected chi connectivity index (χ2v) is 10.00. The highest BCUT2D eigenvalue weighted by molar-refractivity contribution is 6.24. The first kappa shape index (κ1) is 23.8. The molecule has 2 aromatic rings. The molecule has 1 aromatic carbocycles. The van der Waals surface area contributed by atoms with Crippen LogP contribution in [-0.2, 0) is 20.8 Å². The number of fused-ring (bicyclic) bond motifs is 5. The number of ketones is 2. The number of aliphatic hydroxyl groups is 3. The number of nitrogens with two attached hydrogens (primary N) is 1. The molecule has 36 heavy (non-hydrogen) atoms. The van der Waals surface area contributed by atoms with Crippen molar-refractivity contribution >= 4 is 40.0 Å². The van der Waals surface area contributed by atoms with Crippen molar-refractivity contribution in [1.29, 1.82) is 0 Å². The summed E-state index contributed by atoms with van der Waals surface area (Å²) < 4.78 is 5.28. The Morgan fingerprint density at radius 3 is 2.44 bits per heavy atom. The van der Waals surface area contributed by atoms with Gasteiger partial charge in [-0.2, -0.15) is 0 Å². The summed E-state index contributed by atoms with van der Waals surface area (Å²) >= 11 is 0. The van der Waals surface area contributed by atoms with Gasteiger partial charge >= 0.3 is 5.76 Å². The number of aromatic amines is 1. The Kier molecular flexibility index (Phi) is 4.99. The van der Waals surface area contributed by atoms with Crippen LogP contribution in [0.15, 0.2) is 32.2 Å². The van der Waals surface area contributed by atoms with Crippen LogP contribution in [0, 0.1) is 11.8 Å². The average Bonchev–Trinajstić information content (AvgIpc) is 3.14. The van der Waals surface area contributed by atoms with Gasteiger partial charge in [-0.15, -0.1) is 0 Å². The Morgan fingerprint density at radius 2 is 1.86 bits per heavy atom. The lowest BCUT2D eigenvalue weighted by atomic mass is 9.57. The van der Waals surface area contributed by atoms with E-state index in [9.17, 15) is 34.5 Å². The van der Waals surface area contributed by atoms with Crippen LogP contribution in [0.4, 0.5) is 5.69 Å². The molecule has 3 aliphatic rings. The molecule has 0 spiro atoms. The molecule has 0 bridgehead atoms. The van der Waals surface area contributed by atoms with E-state index in [1.54, 1.807) is 39.2 Å². The third kappa shape index (κ3) is 2.88. The summed E-state index contributed by atoms with van der Waals surface area (Å²) in [7, 11) is 6.69. The molecule has 1 aromatic heterocycles. The van der Waals surface area contributed by atoms with Crippen LogP contribution in [0.1, 0.15) is 17.5 Å². The predicted octanol–water partition coefficient (Wildman–Crippen LogP) is -0.241. The molecular weight excluding hydrogens is 472 g/mol. The molecule has 4 atom stereocenters. The number of hydrogen-bond acceptors (Lipinski definition) is 10.